The van der Waals surface area contributed by atoms with Gasteiger partial charge in [0.2, 0.25) is 0 Å². The summed E-state index contributed by atoms with van der Waals surface area (Å²) in [7, 11) is 0. The van der Waals surface area contributed by atoms with Crippen molar-refractivity contribution in [3.05, 3.63) is 23.8 Å². The zero-order valence-electron chi connectivity index (χ0n) is 8.78. The molecule has 0 radical (unpaired) electrons. The van der Waals surface area contributed by atoms with E-state index in [1.54, 1.807) is 0 Å². The highest BCUT2D eigenvalue weighted by Crippen LogP contribution is 2.38. The van der Waals surface area contributed by atoms with Crippen LogP contribution in [0.25, 0.3) is 0 Å². The molecule has 0 saturated heterocycles. The first-order valence-corrected chi connectivity index (χ1v) is 4.99. The Morgan fingerprint density at radius 3 is 2.59 bits per heavy atom. The summed E-state index contributed by atoms with van der Waals surface area (Å²) in [5.41, 5.74) is -0.385. The molecule has 0 unspecified atom stereocenters. The number of hydrogen-bond acceptors (Lipinski definition) is 3. The molecule has 1 heterocycles. The first kappa shape index (κ1) is 11.6. The van der Waals surface area contributed by atoms with Gasteiger partial charge >= 0.3 is 5.97 Å². The summed E-state index contributed by atoms with van der Waals surface area (Å²) in [4.78, 5) is 10.3. The number of ether oxygens (including phenoxy) is 2. The number of alkyl halides is 2. The lowest BCUT2D eigenvalue weighted by Gasteiger charge is -2.21. The summed E-state index contributed by atoms with van der Waals surface area (Å²) >= 11 is 0. The Balaban J connectivity index is 2.30. The number of aliphatic carboxylic acids is 1. The second-order valence-corrected chi connectivity index (χ2v) is 3.63. The molecule has 1 aliphatic rings. The third-order valence-electron chi connectivity index (χ3n) is 2.34. The fourth-order valence-electron chi connectivity index (χ4n) is 1.56. The molecule has 17 heavy (non-hydrogen) atoms. The van der Waals surface area contributed by atoms with Crippen LogP contribution in [0.2, 0.25) is 0 Å². The van der Waals surface area contributed by atoms with Gasteiger partial charge in [0.15, 0.2) is 11.5 Å². The molecule has 1 aliphatic heterocycles. The highest BCUT2D eigenvalue weighted by Gasteiger charge is 2.35. The number of halogens is 2. The van der Waals surface area contributed by atoms with Crippen molar-refractivity contribution in [1.29, 1.82) is 0 Å². The zero-order chi connectivity index (χ0) is 12.5. The van der Waals surface area contributed by atoms with Crippen LogP contribution in [-0.2, 0) is 10.7 Å². The van der Waals surface area contributed by atoms with Crippen molar-refractivity contribution in [2.75, 3.05) is 13.2 Å². The SMILES string of the molecule is O=C(O)CC(F)(F)c1ccc2c(c1)OCCO2. The Hall–Kier alpha value is -1.85. The number of benzene rings is 1. The van der Waals surface area contributed by atoms with Crippen LogP contribution in [-0.4, -0.2) is 24.3 Å². The van der Waals surface area contributed by atoms with Crippen LogP contribution in [0.4, 0.5) is 8.78 Å². The monoisotopic (exact) mass is 244 g/mol. The van der Waals surface area contributed by atoms with Gasteiger partial charge in [-0.05, 0) is 18.2 Å². The maximum atomic E-state index is 13.5. The minimum Gasteiger partial charge on any atom is -0.486 e. The Labute approximate surface area is 95.8 Å². The van der Waals surface area contributed by atoms with E-state index in [-0.39, 0.29) is 11.3 Å². The third kappa shape index (κ3) is 2.46. The largest absolute Gasteiger partial charge is 0.486 e. The van der Waals surface area contributed by atoms with Gasteiger partial charge in [-0.3, -0.25) is 4.79 Å². The number of carbonyl (C=O) groups is 1. The molecule has 1 N–H and O–H groups in total. The molecule has 6 heteroatoms. The normalized spacial score (nSPS) is 14.5. The Kier molecular flexibility index (Phi) is 2.87. The lowest BCUT2D eigenvalue weighted by Crippen LogP contribution is -2.20. The van der Waals surface area contributed by atoms with Crippen LogP contribution in [0.1, 0.15) is 12.0 Å². The Morgan fingerprint density at radius 2 is 1.94 bits per heavy atom. The van der Waals surface area contributed by atoms with Crippen LogP contribution in [0.3, 0.4) is 0 Å². The van der Waals surface area contributed by atoms with E-state index >= 15 is 0 Å². The quantitative estimate of drug-likeness (QED) is 0.883. The van der Waals surface area contributed by atoms with Crippen LogP contribution in [0, 0.1) is 0 Å². The molecule has 0 amide bonds. The van der Waals surface area contributed by atoms with Crippen molar-refractivity contribution in [3.8, 4) is 11.5 Å². The molecule has 0 fully saturated rings. The van der Waals surface area contributed by atoms with Crippen LogP contribution < -0.4 is 9.47 Å². The molecule has 2 rings (SSSR count). The predicted octanol–water partition coefficient (Wildman–Crippen LogP) is 2.02. The Morgan fingerprint density at radius 1 is 1.29 bits per heavy atom. The van der Waals surface area contributed by atoms with Gasteiger partial charge in [-0.2, -0.15) is 0 Å². The van der Waals surface area contributed by atoms with Crippen molar-refractivity contribution >= 4 is 5.97 Å². The van der Waals surface area contributed by atoms with E-state index < -0.39 is 18.3 Å². The van der Waals surface area contributed by atoms with Gasteiger partial charge in [-0.1, -0.05) is 0 Å². The second kappa shape index (κ2) is 4.20. The average molecular weight is 244 g/mol. The van der Waals surface area contributed by atoms with E-state index in [2.05, 4.69) is 0 Å². The van der Waals surface area contributed by atoms with Gasteiger partial charge in [0.1, 0.15) is 19.6 Å². The molecular formula is C11H10F2O4. The van der Waals surface area contributed by atoms with Crippen LogP contribution >= 0.6 is 0 Å². The number of carboxylic acid groups (broad SMARTS) is 1. The molecule has 0 aliphatic carbocycles. The van der Waals surface area contributed by atoms with Crippen molar-refractivity contribution in [2.24, 2.45) is 0 Å². The minimum atomic E-state index is -3.42. The fourth-order valence-corrected chi connectivity index (χ4v) is 1.56. The van der Waals surface area contributed by atoms with Gasteiger partial charge in [0, 0.05) is 5.56 Å². The minimum absolute atomic E-state index is 0.221. The summed E-state index contributed by atoms with van der Waals surface area (Å²) in [6, 6.07) is 3.63. The first-order chi connectivity index (χ1) is 7.99. The molecule has 0 bridgehead atoms. The summed E-state index contributed by atoms with van der Waals surface area (Å²) in [5.74, 6) is -4.35. The molecule has 0 spiro atoms. The van der Waals surface area contributed by atoms with Gasteiger partial charge in [0.05, 0.1) is 0 Å². The smallest absolute Gasteiger partial charge is 0.309 e. The number of fused-ring (bicyclic) bond motifs is 1. The average Bonchev–Trinajstić information content (AvgIpc) is 2.26. The van der Waals surface area contributed by atoms with E-state index in [9.17, 15) is 13.6 Å². The van der Waals surface area contributed by atoms with Gasteiger partial charge in [-0.15, -0.1) is 0 Å². The zero-order valence-corrected chi connectivity index (χ0v) is 8.78. The van der Waals surface area contributed by atoms with Crippen molar-refractivity contribution < 1.29 is 28.2 Å². The highest BCUT2D eigenvalue weighted by atomic mass is 19.3. The van der Waals surface area contributed by atoms with E-state index in [1.165, 1.54) is 6.07 Å². The molecule has 0 aromatic heterocycles. The van der Waals surface area contributed by atoms with E-state index in [4.69, 9.17) is 14.6 Å². The summed E-state index contributed by atoms with van der Waals surface area (Å²) < 4.78 is 37.3. The van der Waals surface area contributed by atoms with Crippen LogP contribution in [0.15, 0.2) is 18.2 Å². The van der Waals surface area contributed by atoms with Crippen molar-refractivity contribution in [1.82, 2.24) is 0 Å². The summed E-state index contributed by atoms with van der Waals surface area (Å²) in [6.45, 7) is 0.665. The van der Waals surface area contributed by atoms with E-state index in [0.717, 1.165) is 12.1 Å². The molecule has 1 aromatic carbocycles. The molecular weight excluding hydrogens is 234 g/mol. The van der Waals surface area contributed by atoms with E-state index in [0.29, 0.717) is 19.0 Å². The summed E-state index contributed by atoms with van der Waals surface area (Å²) in [5, 5.41) is 8.41. The maximum absolute atomic E-state index is 13.5. The molecule has 92 valence electrons. The molecule has 0 saturated carbocycles. The lowest BCUT2D eigenvalue weighted by atomic mass is 10.0. The fraction of sp³-hybridized carbons (Fsp3) is 0.364. The van der Waals surface area contributed by atoms with Crippen molar-refractivity contribution in [2.45, 2.75) is 12.3 Å². The Bertz CT molecular complexity index is 445. The molecule has 1 aromatic rings. The van der Waals surface area contributed by atoms with Gasteiger partial charge in [0.25, 0.3) is 5.92 Å². The van der Waals surface area contributed by atoms with Gasteiger partial charge in [-0.25, -0.2) is 8.78 Å². The second-order valence-electron chi connectivity index (χ2n) is 3.63. The topological polar surface area (TPSA) is 55.8 Å². The van der Waals surface area contributed by atoms with Crippen LogP contribution in [0.5, 0.6) is 11.5 Å². The third-order valence-corrected chi connectivity index (χ3v) is 2.34. The summed E-state index contributed by atoms with van der Waals surface area (Å²) in [6.07, 6.45) is -1.24. The molecule has 4 nitrogen and oxygen atoms in total. The maximum Gasteiger partial charge on any atom is 0.309 e. The first-order valence-electron chi connectivity index (χ1n) is 4.99. The van der Waals surface area contributed by atoms with Crippen molar-refractivity contribution in [3.63, 3.8) is 0 Å². The highest BCUT2D eigenvalue weighted by molar-refractivity contribution is 5.68. The number of hydrogen-bond donors (Lipinski definition) is 1. The number of rotatable bonds is 3. The number of carboxylic acids is 1. The molecule has 0 atom stereocenters. The van der Waals surface area contributed by atoms with Gasteiger partial charge < -0.3 is 14.6 Å². The standard InChI is InChI=1S/C11H10F2O4/c12-11(13,6-10(14)15)7-1-2-8-9(5-7)17-4-3-16-8/h1-2,5H,3-4,6H2,(H,14,15). The lowest BCUT2D eigenvalue weighted by molar-refractivity contribution is -0.145. The predicted molar refractivity (Wildman–Crippen MR) is 53.6 cm³/mol. The van der Waals surface area contributed by atoms with E-state index in [1.807, 2.05) is 0 Å².